The molecule has 3 aliphatic heterocycles. The van der Waals surface area contributed by atoms with E-state index in [-0.39, 0.29) is 25.2 Å². The third kappa shape index (κ3) is 4.40. The maximum atomic E-state index is 12.7. The first-order valence-electron chi connectivity index (χ1n) is 10.0. The number of nitrogens with zero attached hydrogens (tertiary/aromatic N) is 2. The third-order valence-corrected chi connectivity index (χ3v) is 5.40. The predicted octanol–water partition coefficient (Wildman–Crippen LogP) is 0.261. The molecular formula is C20H27N3O6. The Kier molecular flexibility index (Phi) is 6.05. The highest BCUT2D eigenvalue weighted by Gasteiger charge is 2.33. The van der Waals surface area contributed by atoms with Gasteiger partial charge < -0.3 is 29.2 Å². The van der Waals surface area contributed by atoms with Crippen LogP contribution in [-0.2, 0) is 16.0 Å². The molecule has 1 fully saturated rings. The lowest BCUT2D eigenvalue weighted by Gasteiger charge is -2.27. The van der Waals surface area contributed by atoms with Gasteiger partial charge in [-0.15, -0.1) is 0 Å². The van der Waals surface area contributed by atoms with Gasteiger partial charge in [-0.25, -0.2) is 0 Å². The van der Waals surface area contributed by atoms with Crippen LogP contribution >= 0.6 is 0 Å². The minimum atomic E-state index is -0.228. The molecule has 0 aromatic heterocycles. The molecule has 1 N–H and O–H groups in total. The van der Waals surface area contributed by atoms with Crippen LogP contribution in [-0.4, -0.2) is 88.0 Å². The standard InChI is InChI=1S/C20H27N3O6/c1-22-6-3-14-11-15-18(29-13-28-15)19(17(14)20(22)25)27-12-16(24)21-4-2-5-23-7-9-26-10-8-23/h11H,2-10,12-13H2,1H3,(H,21,24). The van der Waals surface area contributed by atoms with Crippen LogP contribution in [0.3, 0.4) is 0 Å². The summed E-state index contributed by atoms with van der Waals surface area (Å²) in [6.45, 7) is 5.44. The Morgan fingerprint density at radius 3 is 2.90 bits per heavy atom. The van der Waals surface area contributed by atoms with Crippen molar-refractivity contribution < 1.29 is 28.5 Å². The van der Waals surface area contributed by atoms with Gasteiger partial charge in [-0.3, -0.25) is 14.5 Å². The van der Waals surface area contributed by atoms with Gasteiger partial charge in [0.15, 0.2) is 18.1 Å². The first-order chi connectivity index (χ1) is 14.1. The molecule has 9 nitrogen and oxygen atoms in total. The van der Waals surface area contributed by atoms with Gasteiger partial charge in [0, 0.05) is 33.2 Å². The predicted molar refractivity (Wildman–Crippen MR) is 104 cm³/mol. The quantitative estimate of drug-likeness (QED) is 0.651. The summed E-state index contributed by atoms with van der Waals surface area (Å²) in [5, 5.41) is 2.87. The topological polar surface area (TPSA) is 89.6 Å². The van der Waals surface area contributed by atoms with E-state index in [1.54, 1.807) is 11.9 Å². The molecule has 29 heavy (non-hydrogen) atoms. The SMILES string of the molecule is CN1CCc2cc3c(c(OCC(=O)NCCCN4CCOCC4)c2C1=O)OCO3. The minimum absolute atomic E-state index is 0.0757. The maximum absolute atomic E-state index is 12.7. The van der Waals surface area contributed by atoms with Crippen LogP contribution in [0.5, 0.6) is 17.2 Å². The monoisotopic (exact) mass is 405 g/mol. The number of carbonyl (C=O) groups excluding carboxylic acids is 2. The first kappa shape index (κ1) is 19.8. The largest absolute Gasteiger partial charge is 0.479 e. The molecule has 0 unspecified atom stereocenters. The molecule has 0 saturated carbocycles. The van der Waals surface area contributed by atoms with Crippen molar-refractivity contribution in [3.8, 4) is 17.2 Å². The lowest BCUT2D eigenvalue weighted by Crippen LogP contribution is -2.38. The highest BCUT2D eigenvalue weighted by Crippen LogP contribution is 2.46. The molecule has 1 saturated heterocycles. The molecule has 158 valence electrons. The smallest absolute Gasteiger partial charge is 0.257 e. The van der Waals surface area contributed by atoms with Gasteiger partial charge in [-0.1, -0.05) is 0 Å². The number of fused-ring (bicyclic) bond motifs is 2. The van der Waals surface area contributed by atoms with Crippen LogP contribution in [0.4, 0.5) is 0 Å². The number of amides is 2. The Balaban J connectivity index is 1.34. The molecule has 3 heterocycles. The molecule has 1 aromatic carbocycles. The summed E-state index contributed by atoms with van der Waals surface area (Å²) in [6, 6.07) is 1.83. The molecule has 9 heteroatoms. The van der Waals surface area contributed by atoms with Crippen LogP contribution in [0.1, 0.15) is 22.3 Å². The molecular weight excluding hydrogens is 378 g/mol. The lowest BCUT2D eigenvalue weighted by molar-refractivity contribution is -0.123. The van der Waals surface area contributed by atoms with E-state index in [1.807, 2.05) is 6.07 Å². The summed E-state index contributed by atoms with van der Waals surface area (Å²) in [4.78, 5) is 28.9. The zero-order valence-electron chi connectivity index (χ0n) is 16.7. The number of nitrogens with one attached hydrogen (secondary N) is 1. The maximum Gasteiger partial charge on any atom is 0.257 e. The molecule has 0 radical (unpaired) electrons. The summed E-state index contributed by atoms with van der Waals surface area (Å²) in [5.41, 5.74) is 1.32. The number of hydrogen-bond acceptors (Lipinski definition) is 7. The molecule has 1 aromatic rings. The summed E-state index contributed by atoms with van der Waals surface area (Å²) in [6.07, 6.45) is 1.57. The first-order valence-corrected chi connectivity index (χ1v) is 10.0. The molecule has 0 spiro atoms. The molecule has 0 atom stereocenters. The van der Waals surface area contributed by atoms with Crippen molar-refractivity contribution in [2.75, 3.05) is 66.4 Å². The third-order valence-electron chi connectivity index (χ3n) is 5.40. The molecule has 0 aliphatic carbocycles. The molecule has 4 rings (SSSR count). The van der Waals surface area contributed by atoms with E-state index in [0.717, 1.165) is 44.8 Å². The van der Waals surface area contributed by atoms with E-state index in [0.29, 0.717) is 42.3 Å². The molecule has 3 aliphatic rings. The van der Waals surface area contributed by atoms with Gasteiger partial charge in [0.05, 0.1) is 18.8 Å². The van der Waals surface area contributed by atoms with Gasteiger partial charge in [-0.05, 0) is 31.0 Å². The van der Waals surface area contributed by atoms with Crippen molar-refractivity contribution in [2.45, 2.75) is 12.8 Å². The van der Waals surface area contributed by atoms with Crippen molar-refractivity contribution >= 4 is 11.8 Å². The number of carbonyl (C=O) groups is 2. The Morgan fingerprint density at radius 2 is 2.07 bits per heavy atom. The number of likely N-dealkylation sites (N-methyl/N-ethyl adjacent to an activating group) is 1. The fourth-order valence-corrected chi connectivity index (χ4v) is 3.76. The van der Waals surface area contributed by atoms with E-state index in [1.165, 1.54) is 0 Å². The van der Waals surface area contributed by atoms with E-state index in [2.05, 4.69) is 10.2 Å². The summed E-state index contributed by atoms with van der Waals surface area (Å²) in [5.74, 6) is 0.892. The highest BCUT2D eigenvalue weighted by molar-refractivity contribution is 6.01. The van der Waals surface area contributed by atoms with Crippen LogP contribution in [0.25, 0.3) is 0 Å². The second-order valence-corrected chi connectivity index (χ2v) is 7.40. The van der Waals surface area contributed by atoms with Crippen LogP contribution in [0.2, 0.25) is 0 Å². The minimum Gasteiger partial charge on any atom is -0.479 e. The fourth-order valence-electron chi connectivity index (χ4n) is 3.76. The second-order valence-electron chi connectivity index (χ2n) is 7.40. The van der Waals surface area contributed by atoms with Gasteiger partial charge >= 0.3 is 0 Å². The highest BCUT2D eigenvalue weighted by atomic mass is 16.7. The fraction of sp³-hybridized carbons (Fsp3) is 0.600. The number of hydrogen-bond donors (Lipinski definition) is 1. The van der Waals surface area contributed by atoms with Crippen molar-refractivity contribution in [3.05, 3.63) is 17.2 Å². The number of ether oxygens (including phenoxy) is 4. The van der Waals surface area contributed by atoms with Crippen LogP contribution < -0.4 is 19.5 Å². The van der Waals surface area contributed by atoms with Crippen LogP contribution in [0.15, 0.2) is 6.07 Å². The van der Waals surface area contributed by atoms with Gasteiger partial charge in [-0.2, -0.15) is 0 Å². The van der Waals surface area contributed by atoms with Crippen molar-refractivity contribution in [1.29, 1.82) is 0 Å². The van der Waals surface area contributed by atoms with Crippen LogP contribution in [0, 0.1) is 0 Å². The zero-order valence-corrected chi connectivity index (χ0v) is 16.7. The van der Waals surface area contributed by atoms with Gasteiger partial charge in [0.2, 0.25) is 12.5 Å². The van der Waals surface area contributed by atoms with E-state index in [9.17, 15) is 9.59 Å². The van der Waals surface area contributed by atoms with Crippen molar-refractivity contribution in [1.82, 2.24) is 15.1 Å². The van der Waals surface area contributed by atoms with E-state index >= 15 is 0 Å². The second kappa shape index (κ2) is 8.87. The van der Waals surface area contributed by atoms with Gasteiger partial charge in [0.25, 0.3) is 11.8 Å². The normalized spacial score (nSPS) is 18.5. The Labute approximate surface area is 169 Å². The summed E-state index contributed by atoms with van der Waals surface area (Å²) < 4.78 is 22.1. The number of morpholine rings is 1. The molecule has 2 amide bonds. The van der Waals surface area contributed by atoms with Crippen molar-refractivity contribution in [3.63, 3.8) is 0 Å². The average Bonchev–Trinajstić information content (AvgIpc) is 3.21. The Morgan fingerprint density at radius 1 is 1.24 bits per heavy atom. The zero-order chi connectivity index (χ0) is 20.2. The number of benzene rings is 1. The Bertz CT molecular complexity index is 778. The summed E-state index contributed by atoms with van der Waals surface area (Å²) >= 11 is 0. The van der Waals surface area contributed by atoms with Crippen molar-refractivity contribution in [2.24, 2.45) is 0 Å². The molecule has 0 bridgehead atoms. The Hall–Kier alpha value is -2.52. The lowest BCUT2D eigenvalue weighted by atomic mass is 9.97. The van der Waals surface area contributed by atoms with Gasteiger partial charge in [0.1, 0.15) is 0 Å². The number of rotatable bonds is 7. The van der Waals surface area contributed by atoms with E-state index in [4.69, 9.17) is 18.9 Å². The average molecular weight is 405 g/mol. The summed E-state index contributed by atoms with van der Waals surface area (Å²) in [7, 11) is 1.75. The van der Waals surface area contributed by atoms with E-state index < -0.39 is 0 Å².